The minimum absolute atomic E-state index is 0.131. The van der Waals surface area contributed by atoms with Gasteiger partial charge >= 0.3 is 0 Å². The predicted octanol–water partition coefficient (Wildman–Crippen LogP) is 3.57. The van der Waals surface area contributed by atoms with E-state index in [1.807, 2.05) is 13.8 Å². The minimum atomic E-state index is -0.989. The van der Waals surface area contributed by atoms with Gasteiger partial charge in [0.15, 0.2) is 11.6 Å². The molecular formula is C15H16F2N2O. The normalized spacial score (nSPS) is 10.6. The summed E-state index contributed by atoms with van der Waals surface area (Å²) in [6.45, 7) is 5.14. The van der Waals surface area contributed by atoms with Gasteiger partial charge < -0.3 is 10.1 Å². The van der Waals surface area contributed by atoms with Crippen LogP contribution in [0.15, 0.2) is 30.5 Å². The monoisotopic (exact) mass is 278 g/mol. The van der Waals surface area contributed by atoms with Crippen LogP contribution in [0.1, 0.15) is 18.2 Å². The Hall–Kier alpha value is -2.01. The first kappa shape index (κ1) is 14.4. The Labute approximate surface area is 116 Å². The molecule has 0 saturated carbocycles. The topological polar surface area (TPSA) is 34.2 Å². The second-order valence-corrected chi connectivity index (χ2v) is 4.37. The lowest BCUT2D eigenvalue weighted by Gasteiger charge is -2.12. The molecule has 0 bridgehead atoms. The van der Waals surface area contributed by atoms with Crippen molar-refractivity contribution in [3.63, 3.8) is 0 Å². The highest BCUT2D eigenvalue weighted by molar-refractivity contribution is 5.38. The van der Waals surface area contributed by atoms with E-state index in [9.17, 15) is 8.78 Å². The number of pyridine rings is 1. The summed E-state index contributed by atoms with van der Waals surface area (Å²) in [4.78, 5) is 4.19. The van der Waals surface area contributed by atoms with Gasteiger partial charge in [-0.1, -0.05) is 13.0 Å². The van der Waals surface area contributed by atoms with E-state index in [4.69, 9.17) is 4.74 Å². The highest BCUT2D eigenvalue weighted by Gasteiger charge is 2.12. The van der Waals surface area contributed by atoms with Crippen LogP contribution in [0.25, 0.3) is 0 Å². The van der Waals surface area contributed by atoms with Crippen molar-refractivity contribution in [1.29, 1.82) is 0 Å². The lowest BCUT2D eigenvalue weighted by Crippen LogP contribution is -2.13. The van der Waals surface area contributed by atoms with Crippen LogP contribution < -0.4 is 10.1 Å². The third kappa shape index (κ3) is 3.30. The van der Waals surface area contributed by atoms with Gasteiger partial charge in [-0.2, -0.15) is 4.39 Å². The summed E-state index contributed by atoms with van der Waals surface area (Å²) in [5.41, 5.74) is 1.54. The zero-order chi connectivity index (χ0) is 14.5. The van der Waals surface area contributed by atoms with Gasteiger partial charge in [-0.25, -0.2) is 4.39 Å². The fourth-order valence-corrected chi connectivity index (χ4v) is 1.73. The van der Waals surface area contributed by atoms with Crippen molar-refractivity contribution in [2.24, 2.45) is 0 Å². The molecule has 0 amide bonds. The quantitative estimate of drug-likeness (QED) is 0.908. The molecule has 20 heavy (non-hydrogen) atoms. The Balaban J connectivity index is 2.31. The number of rotatable bonds is 5. The van der Waals surface area contributed by atoms with Crippen LogP contribution in [0.2, 0.25) is 0 Å². The molecule has 0 fully saturated rings. The minimum Gasteiger partial charge on any atom is -0.454 e. The largest absolute Gasteiger partial charge is 0.454 e. The number of nitrogens with one attached hydrogen (secondary N) is 1. The van der Waals surface area contributed by atoms with E-state index in [2.05, 4.69) is 10.3 Å². The molecule has 0 unspecified atom stereocenters. The van der Waals surface area contributed by atoms with Crippen LogP contribution in [0.4, 0.5) is 8.78 Å². The molecule has 3 nitrogen and oxygen atoms in total. The van der Waals surface area contributed by atoms with E-state index in [1.165, 1.54) is 12.1 Å². The maximum Gasteiger partial charge on any atom is 0.201 e. The second-order valence-electron chi connectivity index (χ2n) is 4.37. The summed E-state index contributed by atoms with van der Waals surface area (Å²) < 4.78 is 32.3. The van der Waals surface area contributed by atoms with Gasteiger partial charge in [0.1, 0.15) is 5.75 Å². The molecule has 1 aromatic carbocycles. The lowest BCUT2D eigenvalue weighted by molar-refractivity contribution is 0.411. The predicted molar refractivity (Wildman–Crippen MR) is 72.8 cm³/mol. The van der Waals surface area contributed by atoms with E-state index in [-0.39, 0.29) is 5.75 Å². The molecule has 0 radical (unpaired) electrons. The Morgan fingerprint density at radius 2 is 2.05 bits per heavy atom. The summed E-state index contributed by atoms with van der Waals surface area (Å²) in [6, 6.07) is 5.56. The molecule has 0 aliphatic carbocycles. The van der Waals surface area contributed by atoms with Crippen molar-refractivity contribution in [2.75, 3.05) is 6.54 Å². The molecular weight excluding hydrogens is 262 g/mol. The zero-order valence-electron chi connectivity index (χ0n) is 11.4. The van der Waals surface area contributed by atoms with Gasteiger partial charge in [0.05, 0.1) is 0 Å². The molecule has 2 aromatic rings. The molecule has 5 heteroatoms. The van der Waals surface area contributed by atoms with Crippen LogP contribution in [0.5, 0.6) is 11.5 Å². The number of ether oxygens (including phenoxy) is 1. The van der Waals surface area contributed by atoms with Crippen LogP contribution >= 0.6 is 0 Å². The highest BCUT2D eigenvalue weighted by atomic mass is 19.2. The second kappa shape index (κ2) is 6.43. The van der Waals surface area contributed by atoms with Gasteiger partial charge in [-0.15, -0.1) is 0 Å². The summed E-state index contributed by atoms with van der Waals surface area (Å²) >= 11 is 0. The van der Waals surface area contributed by atoms with Gasteiger partial charge in [0.2, 0.25) is 5.82 Å². The number of aryl methyl sites for hydroxylation is 1. The maximum atomic E-state index is 13.6. The zero-order valence-corrected chi connectivity index (χ0v) is 11.4. The van der Waals surface area contributed by atoms with E-state index in [1.54, 1.807) is 12.3 Å². The van der Waals surface area contributed by atoms with E-state index in [0.29, 0.717) is 12.3 Å². The van der Waals surface area contributed by atoms with Crippen molar-refractivity contribution in [2.45, 2.75) is 20.4 Å². The molecule has 0 saturated heterocycles. The van der Waals surface area contributed by atoms with Crippen molar-refractivity contribution in [3.05, 3.63) is 53.4 Å². The first-order valence-electron chi connectivity index (χ1n) is 6.40. The lowest BCUT2D eigenvalue weighted by atomic mass is 10.2. The molecule has 0 aliphatic heterocycles. The molecule has 106 valence electrons. The van der Waals surface area contributed by atoms with Gasteiger partial charge in [-0.05, 0) is 25.6 Å². The van der Waals surface area contributed by atoms with Crippen molar-refractivity contribution in [1.82, 2.24) is 10.3 Å². The highest BCUT2D eigenvalue weighted by Crippen LogP contribution is 2.28. The SMILES string of the molecule is CCNCc1cnc(C)cc1Oc1cccc(F)c1F. The third-order valence-corrected chi connectivity index (χ3v) is 2.78. The van der Waals surface area contributed by atoms with Crippen LogP contribution in [0, 0.1) is 18.6 Å². The third-order valence-electron chi connectivity index (χ3n) is 2.78. The number of benzene rings is 1. The average molecular weight is 278 g/mol. The summed E-state index contributed by atoms with van der Waals surface area (Å²) in [6.07, 6.45) is 1.67. The van der Waals surface area contributed by atoms with Gasteiger partial charge in [0, 0.05) is 30.1 Å². The smallest absolute Gasteiger partial charge is 0.201 e. The Morgan fingerprint density at radius 1 is 1.25 bits per heavy atom. The molecule has 1 heterocycles. The Morgan fingerprint density at radius 3 is 2.80 bits per heavy atom. The van der Waals surface area contributed by atoms with Gasteiger partial charge in [0.25, 0.3) is 0 Å². The number of nitrogens with zero attached hydrogens (tertiary/aromatic N) is 1. The van der Waals surface area contributed by atoms with E-state index in [0.717, 1.165) is 23.9 Å². The fourth-order valence-electron chi connectivity index (χ4n) is 1.73. The molecule has 0 atom stereocenters. The number of hydrogen-bond acceptors (Lipinski definition) is 3. The van der Waals surface area contributed by atoms with E-state index >= 15 is 0 Å². The van der Waals surface area contributed by atoms with Crippen molar-refractivity contribution < 1.29 is 13.5 Å². The molecule has 0 aliphatic rings. The van der Waals surface area contributed by atoms with Crippen LogP contribution in [-0.4, -0.2) is 11.5 Å². The first-order chi connectivity index (χ1) is 9.61. The molecule has 1 N–H and O–H groups in total. The summed E-state index contributed by atoms with van der Waals surface area (Å²) in [5.74, 6) is -1.57. The molecule has 0 spiro atoms. The fraction of sp³-hybridized carbons (Fsp3) is 0.267. The number of halogens is 2. The standard InChI is InChI=1S/C15H16F2N2O/c1-3-18-8-11-9-19-10(2)7-14(11)20-13-6-4-5-12(16)15(13)17/h4-7,9,18H,3,8H2,1-2H3. The number of aromatic nitrogens is 1. The van der Waals surface area contributed by atoms with E-state index < -0.39 is 11.6 Å². The first-order valence-corrected chi connectivity index (χ1v) is 6.40. The molecule has 1 aromatic heterocycles. The van der Waals surface area contributed by atoms with Crippen molar-refractivity contribution in [3.8, 4) is 11.5 Å². The Bertz CT molecular complexity index is 602. The Kier molecular flexibility index (Phi) is 4.63. The summed E-state index contributed by atoms with van der Waals surface area (Å²) in [7, 11) is 0. The van der Waals surface area contributed by atoms with Gasteiger partial charge in [-0.3, -0.25) is 4.98 Å². The van der Waals surface area contributed by atoms with Crippen LogP contribution in [0.3, 0.4) is 0 Å². The number of hydrogen-bond donors (Lipinski definition) is 1. The maximum absolute atomic E-state index is 13.6. The average Bonchev–Trinajstić information content (AvgIpc) is 2.43. The molecule has 2 rings (SSSR count). The van der Waals surface area contributed by atoms with Crippen LogP contribution in [-0.2, 0) is 6.54 Å². The van der Waals surface area contributed by atoms with Crippen molar-refractivity contribution >= 4 is 0 Å². The summed E-state index contributed by atoms with van der Waals surface area (Å²) in [5, 5.41) is 3.15.